The first kappa shape index (κ1) is 14.8. The second-order valence-corrected chi connectivity index (χ2v) is 5.79. The molecule has 2 aromatic rings. The van der Waals surface area contributed by atoms with Crippen LogP contribution in [0.4, 0.5) is 11.4 Å². The van der Waals surface area contributed by atoms with E-state index in [4.69, 9.17) is 0 Å². The van der Waals surface area contributed by atoms with Crippen molar-refractivity contribution >= 4 is 43.2 Å². The summed E-state index contributed by atoms with van der Waals surface area (Å²) in [5, 5.41) is 23.8. The number of nitrogens with one attached hydrogen (secondary N) is 1. The van der Waals surface area contributed by atoms with Gasteiger partial charge in [0, 0.05) is 22.6 Å². The molecule has 0 saturated heterocycles. The molecule has 0 spiro atoms. The highest BCUT2D eigenvalue weighted by Gasteiger charge is 2.14. The number of rotatable bonds is 4. The Morgan fingerprint density at radius 3 is 2.70 bits per heavy atom. The molecule has 0 aliphatic heterocycles. The van der Waals surface area contributed by atoms with E-state index in [0.29, 0.717) is 20.2 Å². The molecule has 5 nitrogen and oxygen atoms in total. The molecular formula is C13H10Br2N2O3. The molecular weight excluding hydrogens is 392 g/mol. The van der Waals surface area contributed by atoms with Crippen molar-refractivity contribution in [1.82, 2.24) is 0 Å². The molecule has 2 N–H and O–H groups in total. The first-order chi connectivity index (χ1) is 9.49. The number of anilines is 1. The van der Waals surface area contributed by atoms with E-state index >= 15 is 0 Å². The second kappa shape index (κ2) is 6.23. The molecule has 7 heteroatoms. The largest absolute Gasteiger partial charge is 0.506 e. The maximum absolute atomic E-state index is 11.0. The minimum absolute atomic E-state index is 0.0196. The zero-order valence-corrected chi connectivity index (χ0v) is 13.3. The van der Waals surface area contributed by atoms with Crippen molar-refractivity contribution in [2.45, 2.75) is 6.54 Å². The summed E-state index contributed by atoms with van der Waals surface area (Å²) in [5.41, 5.74) is 1.03. The van der Waals surface area contributed by atoms with Gasteiger partial charge in [0.05, 0.1) is 9.40 Å². The molecule has 0 aromatic heterocycles. The summed E-state index contributed by atoms with van der Waals surface area (Å²) in [6.45, 7) is 0.285. The van der Waals surface area contributed by atoms with Crippen molar-refractivity contribution in [2.75, 3.05) is 5.32 Å². The van der Waals surface area contributed by atoms with Gasteiger partial charge in [0.2, 0.25) is 0 Å². The van der Waals surface area contributed by atoms with Gasteiger partial charge in [-0.1, -0.05) is 28.1 Å². The molecule has 2 rings (SSSR count). The van der Waals surface area contributed by atoms with Gasteiger partial charge in [-0.3, -0.25) is 10.1 Å². The van der Waals surface area contributed by atoms with Gasteiger partial charge in [0.1, 0.15) is 11.4 Å². The van der Waals surface area contributed by atoms with E-state index in [1.807, 2.05) is 0 Å². The monoisotopic (exact) mass is 400 g/mol. The molecule has 2 aromatic carbocycles. The topological polar surface area (TPSA) is 75.4 Å². The van der Waals surface area contributed by atoms with E-state index < -0.39 is 4.92 Å². The summed E-state index contributed by atoms with van der Waals surface area (Å²) >= 11 is 6.43. The van der Waals surface area contributed by atoms with Gasteiger partial charge in [-0.15, -0.1) is 0 Å². The minimum Gasteiger partial charge on any atom is -0.506 e. The SMILES string of the molecule is O=[N+]([O-])c1cc(Br)ccc1NCc1cccc(Br)c1O. The Kier molecular flexibility index (Phi) is 4.61. The number of nitro benzene ring substituents is 1. The molecule has 0 unspecified atom stereocenters. The number of benzene rings is 2. The van der Waals surface area contributed by atoms with Crippen molar-refractivity contribution in [3.8, 4) is 5.75 Å². The van der Waals surface area contributed by atoms with E-state index in [-0.39, 0.29) is 18.0 Å². The molecule has 20 heavy (non-hydrogen) atoms. The van der Waals surface area contributed by atoms with E-state index in [0.717, 1.165) is 0 Å². The number of nitrogens with zero attached hydrogens (tertiary/aromatic N) is 1. The first-order valence-electron chi connectivity index (χ1n) is 5.63. The molecule has 0 aliphatic rings. The third kappa shape index (κ3) is 3.29. The van der Waals surface area contributed by atoms with Crippen LogP contribution < -0.4 is 5.32 Å². The van der Waals surface area contributed by atoms with Gasteiger partial charge in [0.15, 0.2) is 0 Å². The zero-order chi connectivity index (χ0) is 14.7. The molecule has 0 fully saturated rings. The van der Waals surface area contributed by atoms with E-state index in [9.17, 15) is 15.2 Å². The van der Waals surface area contributed by atoms with Gasteiger partial charge in [-0.2, -0.15) is 0 Å². The molecule has 104 valence electrons. The van der Waals surface area contributed by atoms with Crippen LogP contribution in [-0.4, -0.2) is 10.0 Å². The fraction of sp³-hybridized carbons (Fsp3) is 0.0769. The lowest BCUT2D eigenvalue weighted by atomic mass is 10.2. The third-order valence-electron chi connectivity index (χ3n) is 2.70. The summed E-state index contributed by atoms with van der Waals surface area (Å²) in [7, 11) is 0. The lowest BCUT2D eigenvalue weighted by molar-refractivity contribution is -0.384. The van der Waals surface area contributed by atoms with Crippen LogP contribution in [0, 0.1) is 10.1 Å². The summed E-state index contributed by atoms with van der Waals surface area (Å²) < 4.78 is 1.22. The van der Waals surface area contributed by atoms with Crippen molar-refractivity contribution in [2.24, 2.45) is 0 Å². The van der Waals surface area contributed by atoms with Crippen molar-refractivity contribution in [3.63, 3.8) is 0 Å². The lowest BCUT2D eigenvalue weighted by Crippen LogP contribution is -2.03. The highest BCUT2D eigenvalue weighted by atomic mass is 79.9. The van der Waals surface area contributed by atoms with Crippen LogP contribution in [0.15, 0.2) is 45.3 Å². The molecule has 0 aliphatic carbocycles. The summed E-state index contributed by atoms with van der Waals surface area (Å²) in [6.07, 6.45) is 0. The average Bonchev–Trinajstić information content (AvgIpc) is 2.41. The number of aromatic hydroxyl groups is 1. The fourth-order valence-corrected chi connectivity index (χ4v) is 2.45. The molecule has 0 bridgehead atoms. The van der Waals surface area contributed by atoms with Gasteiger partial charge in [-0.05, 0) is 34.1 Å². The van der Waals surface area contributed by atoms with Crippen LogP contribution in [-0.2, 0) is 6.54 Å². The number of hydrogen-bond donors (Lipinski definition) is 2. The Labute approximate surface area is 132 Å². The molecule has 0 saturated carbocycles. The van der Waals surface area contributed by atoms with Crippen molar-refractivity contribution < 1.29 is 10.0 Å². The predicted molar refractivity (Wildman–Crippen MR) is 83.9 cm³/mol. The summed E-state index contributed by atoms with van der Waals surface area (Å²) in [6, 6.07) is 10.0. The predicted octanol–water partition coefficient (Wildman–Crippen LogP) is 4.44. The Morgan fingerprint density at radius 2 is 2.00 bits per heavy atom. The van der Waals surface area contributed by atoms with Crippen LogP contribution in [0.1, 0.15) is 5.56 Å². The quantitative estimate of drug-likeness (QED) is 0.586. The molecule has 0 amide bonds. The third-order valence-corrected chi connectivity index (χ3v) is 3.83. The number of para-hydroxylation sites is 1. The summed E-state index contributed by atoms with van der Waals surface area (Å²) in [5.74, 6) is 0.125. The maximum Gasteiger partial charge on any atom is 0.293 e. The van der Waals surface area contributed by atoms with Crippen LogP contribution in [0.5, 0.6) is 5.75 Å². The van der Waals surface area contributed by atoms with Crippen molar-refractivity contribution in [1.29, 1.82) is 0 Å². The number of halogens is 2. The molecule has 0 radical (unpaired) electrons. The van der Waals surface area contributed by atoms with Crippen LogP contribution in [0.25, 0.3) is 0 Å². The highest BCUT2D eigenvalue weighted by Crippen LogP contribution is 2.31. The number of phenols is 1. The standard InChI is InChI=1S/C13H10Br2N2O3/c14-9-4-5-11(12(6-9)17(19)20)16-7-8-2-1-3-10(15)13(8)18/h1-6,16,18H,7H2. The van der Waals surface area contributed by atoms with Crippen LogP contribution in [0.2, 0.25) is 0 Å². The Bertz CT molecular complexity index is 662. The van der Waals surface area contributed by atoms with E-state index in [1.165, 1.54) is 6.07 Å². The van der Waals surface area contributed by atoms with Gasteiger partial charge in [-0.25, -0.2) is 0 Å². The average molecular weight is 402 g/mol. The highest BCUT2D eigenvalue weighted by molar-refractivity contribution is 9.10. The van der Waals surface area contributed by atoms with Crippen LogP contribution in [0.3, 0.4) is 0 Å². The number of nitro groups is 1. The minimum atomic E-state index is -0.451. The van der Waals surface area contributed by atoms with E-state index in [1.54, 1.807) is 30.3 Å². The first-order valence-corrected chi connectivity index (χ1v) is 7.22. The molecule has 0 heterocycles. The number of hydrogen-bond acceptors (Lipinski definition) is 4. The smallest absolute Gasteiger partial charge is 0.293 e. The van der Waals surface area contributed by atoms with Crippen LogP contribution >= 0.6 is 31.9 Å². The zero-order valence-electron chi connectivity index (χ0n) is 10.1. The fourth-order valence-electron chi connectivity index (χ4n) is 1.70. The van der Waals surface area contributed by atoms with Gasteiger partial charge < -0.3 is 10.4 Å². The molecule has 0 atom stereocenters. The van der Waals surface area contributed by atoms with Gasteiger partial charge >= 0.3 is 0 Å². The Hall–Kier alpha value is -1.60. The van der Waals surface area contributed by atoms with E-state index in [2.05, 4.69) is 37.2 Å². The Morgan fingerprint density at radius 1 is 1.25 bits per heavy atom. The summed E-state index contributed by atoms with van der Waals surface area (Å²) in [4.78, 5) is 10.5. The Balaban J connectivity index is 2.23. The maximum atomic E-state index is 11.0. The number of phenolic OH excluding ortho intramolecular Hbond substituents is 1. The lowest BCUT2D eigenvalue weighted by Gasteiger charge is -2.09. The van der Waals surface area contributed by atoms with Crippen molar-refractivity contribution in [3.05, 3.63) is 61.0 Å². The second-order valence-electron chi connectivity index (χ2n) is 4.02. The normalized spacial score (nSPS) is 10.3. The van der Waals surface area contributed by atoms with Gasteiger partial charge in [0.25, 0.3) is 5.69 Å².